The molecule has 0 saturated carbocycles. The minimum Gasteiger partial charge on any atom is -0.0654 e. The van der Waals surface area contributed by atoms with Gasteiger partial charge in [0.15, 0.2) is 0 Å². The molecule has 0 unspecified atom stereocenters. The fourth-order valence-electron chi connectivity index (χ4n) is 1.87. The largest absolute Gasteiger partial charge is 0.0654 e. The van der Waals surface area contributed by atoms with Gasteiger partial charge in [-0.25, -0.2) is 0 Å². The summed E-state index contributed by atoms with van der Waals surface area (Å²) in [6, 6.07) is 17.3. The lowest BCUT2D eigenvalue weighted by Crippen LogP contribution is -1.84. The molecule has 0 aliphatic carbocycles. The van der Waals surface area contributed by atoms with Gasteiger partial charge >= 0.3 is 0 Å². The lowest BCUT2D eigenvalue weighted by atomic mass is 10.1. The molecule has 0 spiro atoms. The maximum atomic E-state index is 2.30. The van der Waals surface area contributed by atoms with E-state index in [9.17, 15) is 0 Å². The molecule has 0 bridgehead atoms. The average Bonchev–Trinajstić information content (AvgIpc) is 2.45. The van der Waals surface area contributed by atoms with Crippen molar-refractivity contribution >= 4 is 22.6 Å². The van der Waals surface area contributed by atoms with Gasteiger partial charge in [0.2, 0.25) is 0 Å². The fraction of sp³-hybridized carbons (Fsp3) is 0.368. The van der Waals surface area contributed by atoms with Crippen LogP contribution in [0.2, 0.25) is 0 Å². The van der Waals surface area contributed by atoms with Crippen molar-refractivity contribution in [2.75, 3.05) is 0 Å². The van der Waals surface area contributed by atoms with E-state index >= 15 is 0 Å². The molecule has 0 saturated heterocycles. The van der Waals surface area contributed by atoms with E-state index in [1.165, 1.54) is 45.9 Å². The fourth-order valence-corrected chi connectivity index (χ4v) is 2.23. The van der Waals surface area contributed by atoms with Crippen molar-refractivity contribution in [3.05, 3.63) is 68.8 Å². The molecule has 0 nitrogen and oxygen atoms in total. The van der Waals surface area contributed by atoms with Crippen LogP contribution in [-0.4, -0.2) is 0 Å². The summed E-state index contributed by atoms with van der Waals surface area (Å²) >= 11 is 2.30. The van der Waals surface area contributed by atoms with Gasteiger partial charge in [-0.05, 0) is 67.0 Å². The van der Waals surface area contributed by atoms with Crippen LogP contribution in [0.1, 0.15) is 42.9 Å². The minimum absolute atomic E-state index is 1.24. The van der Waals surface area contributed by atoms with Gasteiger partial charge < -0.3 is 0 Å². The Morgan fingerprint density at radius 1 is 0.750 bits per heavy atom. The third-order valence-electron chi connectivity index (χ3n) is 3.20. The number of rotatable bonds is 4. The van der Waals surface area contributed by atoms with Gasteiger partial charge in [-0.3, -0.25) is 0 Å². The molecular weight excluding hydrogens is 355 g/mol. The van der Waals surface area contributed by atoms with E-state index in [2.05, 4.69) is 91.9 Å². The molecule has 0 aliphatic heterocycles. The number of halogens is 1. The van der Waals surface area contributed by atoms with Crippen molar-refractivity contribution in [2.45, 2.75) is 46.5 Å². The van der Waals surface area contributed by atoms with E-state index in [1.807, 2.05) is 0 Å². The van der Waals surface area contributed by atoms with Crippen LogP contribution in [0.25, 0.3) is 0 Å². The van der Waals surface area contributed by atoms with E-state index in [0.29, 0.717) is 0 Å². The monoisotopic (exact) mass is 380 g/mol. The van der Waals surface area contributed by atoms with Crippen molar-refractivity contribution < 1.29 is 0 Å². The Hall–Kier alpha value is -0.830. The second-order valence-electron chi connectivity index (χ2n) is 5.24. The van der Waals surface area contributed by atoms with Crippen LogP contribution in [0.4, 0.5) is 0 Å². The van der Waals surface area contributed by atoms with Gasteiger partial charge in [0.25, 0.3) is 0 Å². The van der Waals surface area contributed by atoms with Gasteiger partial charge in [-0.1, -0.05) is 67.3 Å². The van der Waals surface area contributed by atoms with Crippen molar-refractivity contribution in [3.8, 4) is 0 Å². The molecule has 20 heavy (non-hydrogen) atoms. The molecule has 0 atom stereocenters. The Balaban J connectivity index is 0.000000217. The first kappa shape index (κ1) is 17.2. The maximum Gasteiger partial charge on any atom is 0.0130 e. The Kier molecular flexibility index (Phi) is 8.59. The Bertz CT molecular complexity index is 447. The third-order valence-corrected chi connectivity index (χ3v) is 3.92. The second-order valence-corrected chi connectivity index (χ2v) is 6.48. The molecule has 108 valence electrons. The van der Waals surface area contributed by atoms with Crippen LogP contribution in [0.3, 0.4) is 0 Å². The predicted molar refractivity (Wildman–Crippen MR) is 98.3 cm³/mol. The van der Waals surface area contributed by atoms with Crippen LogP contribution < -0.4 is 0 Å². The highest BCUT2D eigenvalue weighted by atomic mass is 127. The summed E-state index contributed by atoms with van der Waals surface area (Å²) in [5, 5.41) is 0. The van der Waals surface area contributed by atoms with Crippen LogP contribution in [0.15, 0.2) is 48.5 Å². The van der Waals surface area contributed by atoms with E-state index < -0.39 is 0 Å². The van der Waals surface area contributed by atoms with Gasteiger partial charge in [0, 0.05) is 3.57 Å². The molecule has 2 rings (SSSR count). The number of hydrogen-bond acceptors (Lipinski definition) is 0. The Labute approximate surface area is 137 Å². The normalized spacial score (nSPS) is 9.80. The van der Waals surface area contributed by atoms with Crippen molar-refractivity contribution in [2.24, 2.45) is 0 Å². The molecule has 0 aliphatic rings. The van der Waals surface area contributed by atoms with Crippen LogP contribution >= 0.6 is 22.6 Å². The molecule has 1 heteroatoms. The zero-order valence-corrected chi connectivity index (χ0v) is 15.0. The molecule has 2 aromatic carbocycles. The van der Waals surface area contributed by atoms with E-state index in [0.717, 1.165) is 0 Å². The summed E-state index contributed by atoms with van der Waals surface area (Å²) in [6.07, 6.45) is 5.24. The number of aryl methyl sites for hydroxylation is 3. The Morgan fingerprint density at radius 3 is 1.70 bits per heavy atom. The summed E-state index contributed by atoms with van der Waals surface area (Å²) in [7, 11) is 0. The zero-order chi connectivity index (χ0) is 14.8. The quantitative estimate of drug-likeness (QED) is 0.430. The SMILES string of the molecule is CCCCCc1ccc(C)cc1.Cc1ccc(I)cc1. The molecular formula is C19H25I. The standard InChI is InChI=1S/C12H18.C7H7I/c1-3-4-5-6-12-9-7-11(2)8-10-12;1-6-2-4-7(8)5-3-6/h7-10H,3-6H2,1-2H3;2-5H,1H3. The summed E-state index contributed by atoms with van der Waals surface area (Å²) in [6.45, 7) is 6.47. The highest BCUT2D eigenvalue weighted by Gasteiger charge is 1.91. The van der Waals surface area contributed by atoms with Crippen LogP contribution in [0, 0.1) is 17.4 Å². The molecule has 0 N–H and O–H groups in total. The first-order valence-corrected chi connectivity index (χ1v) is 8.47. The minimum atomic E-state index is 1.24. The average molecular weight is 380 g/mol. The number of hydrogen-bond donors (Lipinski definition) is 0. The number of benzene rings is 2. The van der Waals surface area contributed by atoms with Crippen molar-refractivity contribution in [1.82, 2.24) is 0 Å². The molecule has 0 radical (unpaired) electrons. The summed E-state index contributed by atoms with van der Waals surface area (Å²) < 4.78 is 1.30. The van der Waals surface area contributed by atoms with Gasteiger partial charge in [0.1, 0.15) is 0 Å². The van der Waals surface area contributed by atoms with Gasteiger partial charge in [-0.2, -0.15) is 0 Å². The van der Waals surface area contributed by atoms with E-state index in [4.69, 9.17) is 0 Å². The highest BCUT2D eigenvalue weighted by molar-refractivity contribution is 14.1. The van der Waals surface area contributed by atoms with Crippen molar-refractivity contribution in [3.63, 3.8) is 0 Å². The van der Waals surface area contributed by atoms with E-state index in [-0.39, 0.29) is 0 Å². The second kappa shape index (κ2) is 9.98. The first-order chi connectivity index (χ1) is 9.61. The third kappa shape index (κ3) is 7.68. The zero-order valence-electron chi connectivity index (χ0n) is 12.8. The number of unbranched alkanes of at least 4 members (excludes halogenated alkanes) is 2. The smallest absolute Gasteiger partial charge is 0.0130 e. The molecule has 2 aromatic rings. The molecule has 0 heterocycles. The lowest BCUT2D eigenvalue weighted by molar-refractivity contribution is 0.717. The van der Waals surface area contributed by atoms with Crippen molar-refractivity contribution in [1.29, 1.82) is 0 Å². The molecule has 0 aromatic heterocycles. The lowest BCUT2D eigenvalue weighted by Gasteiger charge is -2.00. The highest BCUT2D eigenvalue weighted by Crippen LogP contribution is 2.07. The molecule has 0 amide bonds. The first-order valence-electron chi connectivity index (χ1n) is 7.39. The van der Waals surface area contributed by atoms with Gasteiger partial charge in [0.05, 0.1) is 0 Å². The van der Waals surface area contributed by atoms with Crippen LogP contribution in [0.5, 0.6) is 0 Å². The maximum absolute atomic E-state index is 2.30. The summed E-state index contributed by atoms with van der Waals surface area (Å²) in [5.41, 5.74) is 4.16. The molecule has 0 fully saturated rings. The summed E-state index contributed by atoms with van der Waals surface area (Å²) in [4.78, 5) is 0. The van der Waals surface area contributed by atoms with Gasteiger partial charge in [-0.15, -0.1) is 0 Å². The summed E-state index contributed by atoms with van der Waals surface area (Å²) in [5.74, 6) is 0. The Morgan fingerprint density at radius 2 is 1.25 bits per heavy atom. The topological polar surface area (TPSA) is 0 Å². The van der Waals surface area contributed by atoms with Crippen LogP contribution in [-0.2, 0) is 6.42 Å². The van der Waals surface area contributed by atoms with E-state index in [1.54, 1.807) is 0 Å². The predicted octanol–water partition coefficient (Wildman–Crippen LogP) is 6.33.